The second kappa shape index (κ2) is 13.2. The van der Waals surface area contributed by atoms with Crippen molar-refractivity contribution in [1.29, 1.82) is 0 Å². The molecule has 0 aliphatic rings. The van der Waals surface area contributed by atoms with Gasteiger partial charge >= 0.3 is 11.8 Å². The van der Waals surface area contributed by atoms with Crippen LogP contribution < -0.4 is 30.3 Å². The summed E-state index contributed by atoms with van der Waals surface area (Å²) < 4.78 is 16.6. The van der Waals surface area contributed by atoms with Crippen molar-refractivity contribution >= 4 is 51.2 Å². The topological polar surface area (TPSA) is 127 Å². The van der Waals surface area contributed by atoms with Crippen molar-refractivity contribution in [3.05, 3.63) is 75.8 Å². The summed E-state index contributed by atoms with van der Waals surface area (Å²) >= 11 is 3.41. The van der Waals surface area contributed by atoms with E-state index in [-0.39, 0.29) is 12.5 Å². The van der Waals surface area contributed by atoms with Gasteiger partial charge in [-0.1, -0.05) is 6.07 Å². The van der Waals surface area contributed by atoms with E-state index < -0.39 is 11.8 Å². The Labute approximate surface area is 228 Å². The fourth-order valence-electron chi connectivity index (χ4n) is 3.41. The zero-order valence-corrected chi connectivity index (χ0v) is 22.8. The van der Waals surface area contributed by atoms with E-state index in [2.05, 4.69) is 37.1 Å². The fourth-order valence-corrected chi connectivity index (χ4v) is 3.99. The van der Waals surface area contributed by atoms with Crippen LogP contribution in [0.25, 0.3) is 0 Å². The average Bonchev–Trinajstić information content (AvgIpc) is 2.87. The number of hydrogen-bond acceptors (Lipinski definition) is 7. The summed E-state index contributed by atoms with van der Waals surface area (Å²) in [7, 11) is 2.98. The van der Waals surface area contributed by atoms with Crippen molar-refractivity contribution in [3.8, 4) is 17.2 Å². The minimum absolute atomic E-state index is 0.241. The van der Waals surface area contributed by atoms with Gasteiger partial charge in [0.2, 0.25) is 0 Å². The van der Waals surface area contributed by atoms with Crippen molar-refractivity contribution in [2.75, 3.05) is 31.5 Å². The Balaban J connectivity index is 1.57. The Morgan fingerprint density at radius 1 is 0.868 bits per heavy atom. The molecular weight excluding hydrogens is 556 g/mol. The van der Waals surface area contributed by atoms with Gasteiger partial charge in [-0.25, -0.2) is 5.43 Å². The SMILES string of the molecule is COc1ccc(NC(=O)C(=O)N/N=C\c2cc(Br)c(OCC(=O)Nc3cc(C)cc(C)c3)c(OC)c2)cc1. The molecule has 198 valence electrons. The predicted octanol–water partition coefficient (Wildman–Crippen LogP) is 4.19. The van der Waals surface area contributed by atoms with Crippen LogP contribution in [0.5, 0.6) is 17.2 Å². The molecule has 0 aliphatic carbocycles. The molecule has 3 aromatic rings. The van der Waals surface area contributed by atoms with Crippen LogP contribution in [0.15, 0.2) is 64.2 Å². The third-order valence-electron chi connectivity index (χ3n) is 5.04. The molecule has 38 heavy (non-hydrogen) atoms. The zero-order valence-electron chi connectivity index (χ0n) is 21.3. The number of benzene rings is 3. The number of halogens is 1. The molecule has 0 radical (unpaired) electrons. The second-order valence-electron chi connectivity index (χ2n) is 8.13. The van der Waals surface area contributed by atoms with E-state index in [1.807, 2.05) is 32.0 Å². The normalized spacial score (nSPS) is 10.6. The van der Waals surface area contributed by atoms with Gasteiger partial charge < -0.3 is 24.8 Å². The molecule has 0 fully saturated rings. The van der Waals surface area contributed by atoms with Crippen LogP contribution in [-0.2, 0) is 14.4 Å². The minimum atomic E-state index is -0.946. The molecule has 0 bridgehead atoms. The summed E-state index contributed by atoms with van der Waals surface area (Å²) in [6, 6.07) is 15.5. The highest BCUT2D eigenvalue weighted by atomic mass is 79.9. The maximum Gasteiger partial charge on any atom is 0.329 e. The van der Waals surface area contributed by atoms with Crippen molar-refractivity contribution in [1.82, 2.24) is 5.43 Å². The summed E-state index contributed by atoms with van der Waals surface area (Å²) in [6.45, 7) is 3.66. The molecule has 0 unspecified atom stereocenters. The molecule has 10 nitrogen and oxygen atoms in total. The summed E-state index contributed by atoms with van der Waals surface area (Å²) in [6.07, 6.45) is 1.34. The number of carbonyl (C=O) groups excluding carboxylic acids is 3. The molecule has 3 rings (SSSR count). The van der Waals surface area contributed by atoms with Crippen LogP contribution in [0.3, 0.4) is 0 Å². The van der Waals surface area contributed by atoms with Gasteiger partial charge in [-0.3, -0.25) is 14.4 Å². The smallest absolute Gasteiger partial charge is 0.329 e. The van der Waals surface area contributed by atoms with E-state index in [1.54, 1.807) is 36.4 Å². The second-order valence-corrected chi connectivity index (χ2v) is 8.98. The molecule has 3 amide bonds. The maximum atomic E-state index is 12.4. The maximum absolute atomic E-state index is 12.4. The number of hydrogen-bond donors (Lipinski definition) is 3. The van der Waals surface area contributed by atoms with E-state index in [9.17, 15) is 14.4 Å². The average molecular weight is 583 g/mol. The highest BCUT2D eigenvalue weighted by molar-refractivity contribution is 9.10. The Kier molecular flexibility index (Phi) is 9.83. The first-order valence-electron chi connectivity index (χ1n) is 11.4. The Bertz CT molecular complexity index is 1340. The number of amides is 3. The highest BCUT2D eigenvalue weighted by Gasteiger charge is 2.15. The zero-order chi connectivity index (χ0) is 27.7. The predicted molar refractivity (Wildman–Crippen MR) is 148 cm³/mol. The van der Waals surface area contributed by atoms with Gasteiger partial charge in [-0.05, 0) is 95.0 Å². The van der Waals surface area contributed by atoms with Crippen molar-refractivity contribution in [2.45, 2.75) is 13.8 Å². The Morgan fingerprint density at radius 2 is 1.55 bits per heavy atom. The minimum Gasteiger partial charge on any atom is -0.497 e. The molecule has 0 aromatic heterocycles. The first-order valence-corrected chi connectivity index (χ1v) is 12.1. The van der Waals surface area contributed by atoms with Crippen LogP contribution in [-0.4, -0.2) is 44.8 Å². The number of ether oxygens (including phenoxy) is 3. The summed E-state index contributed by atoms with van der Waals surface area (Å²) in [5, 5.41) is 9.10. The van der Waals surface area contributed by atoms with Crippen molar-refractivity contribution in [3.63, 3.8) is 0 Å². The van der Waals surface area contributed by atoms with Gasteiger partial charge in [0.15, 0.2) is 18.1 Å². The van der Waals surface area contributed by atoms with Gasteiger partial charge in [0.05, 0.1) is 24.9 Å². The van der Waals surface area contributed by atoms with Crippen molar-refractivity contribution < 1.29 is 28.6 Å². The van der Waals surface area contributed by atoms with Crippen molar-refractivity contribution in [2.24, 2.45) is 5.10 Å². The van der Waals surface area contributed by atoms with Gasteiger partial charge in [-0.2, -0.15) is 5.10 Å². The molecule has 0 atom stereocenters. The Morgan fingerprint density at radius 3 is 2.18 bits per heavy atom. The number of carbonyl (C=O) groups is 3. The van der Waals surface area contributed by atoms with E-state index in [4.69, 9.17) is 14.2 Å². The molecular formula is C27H27BrN4O6. The largest absolute Gasteiger partial charge is 0.497 e. The van der Waals surface area contributed by atoms with Crippen LogP contribution in [0.1, 0.15) is 16.7 Å². The fraction of sp³-hybridized carbons (Fsp3) is 0.185. The quantitative estimate of drug-likeness (QED) is 0.197. The van der Waals surface area contributed by atoms with Crippen LogP contribution >= 0.6 is 15.9 Å². The lowest BCUT2D eigenvalue weighted by Gasteiger charge is -2.14. The standard InChI is InChI=1S/C27H27BrN4O6/c1-16-9-17(2)11-20(10-16)30-24(33)15-38-25-22(28)12-18(13-23(25)37-4)14-29-32-27(35)26(34)31-19-5-7-21(36-3)8-6-19/h5-14H,15H2,1-4H3,(H,30,33)(H,31,34)(H,32,35)/b29-14-. The number of aryl methyl sites for hydroxylation is 2. The third-order valence-corrected chi connectivity index (χ3v) is 5.63. The van der Waals surface area contributed by atoms with E-state index in [0.29, 0.717) is 38.7 Å². The van der Waals surface area contributed by atoms with Crippen LogP contribution in [0, 0.1) is 13.8 Å². The van der Waals surface area contributed by atoms with Gasteiger partial charge in [0.1, 0.15) is 5.75 Å². The molecule has 0 saturated carbocycles. The molecule has 3 N–H and O–H groups in total. The van der Waals surface area contributed by atoms with Gasteiger partial charge in [-0.15, -0.1) is 0 Å². The summed E-state index contributed by atoms with van der Waals surface area (Å²) in [5.74, 6) is -0.876. The lowest BCUT2D eigenvalue weighted by molar-refractivity contribution is -0.136. The first-order chi connectivity index (χ1) is 18.2. The number of rotatable bonds is 9. The number of nitrogens with one attached hydrogen (secondary N) is 3. The lowest BCUT2D eigenvalue weighted by Crippen LogP contribution is -2.32. The molecule has 0 aliphatic heterocycles. The third kappa shape index (κ3) is 8.07. The van der Waals surface area contributed by atoms with Gasteiger partial charge in [0.25, 0.3) is 5.91 Å². The molecule has 0 spiro atoms. The first kappa shape index (κ1) is 28.2. The van der Waals surface area contributed by atoms with E-state index >= 15 is 0 Å². The monoisotopic (exact) mass is 582 g/mol. The number of hydrazone groups is 1. The highest BCUT2D eigenvalue weighted by Crippen LogP contribution is 2.36. The molecule has 11 heteroatoms. The van der Waals surface area contributed by atoms with E-state index in [1.165, 1.54) is 20.4 Å². The number of methoxy groups -OCH3 is 2. The van der Waals surface area contributed by atoms with Gasteiger partial charge in [0, 0.05) is 11.4 Å². The molecule has 0 heterocycles. The number of anilines is 2. The molecule has 0 saturated heterocycles. The Hall–Kier alpha value is -4.38. The van der Waals surface area contributed by atoms with Crippen LogP contribution in [0.4, 0.5) is 11.4 Å². The number of nitrogens with zero attached hydrogens (tertiary/aromatic N) is 1. The van der Waals surface area contributed by atoms with Crippen LogP contribution in [0.2, 0.25) is 0 Å². The van der Waals surface area contributed by atoms with E-state index in [0.717, 1.165) is 11.1 Å². The molecule has 3 aromatic carbocycles. The lowest BCUT2D eigenvalue weighted by atomic mass is 10.1. The summed E-state index contributed by atoms with van der Waals surface area (Å²) in [5.41, 5.74) is 5.91. The summed E-state index contributed by atoms with van der Waals surface area (Å²) in [4.78, 5) is 36.5.